The lowest BCUT2D eigenvalue weighted by Crippen LogP contribution is -2.15. The third-order valence-corrected chi connectivity index (χ3v) is 6.18. The summed E-state index contributed by atoms with van der Waals surface area (Å²) in [6.45, 7) is 1.66. The number of anilines is 1. The second-order valence-electron chi connectivity index (χ2n) is 6.84. The summed E-state index contributed by atoms with van der Waals surface area (Å²) in [5.74, 6) is -0.00669. The lowest BCUT2D eigenvalue weighted by Gasteiger charge is -2.12. The highest BCUT2D eigenvalue weighted by Gasteiger charge is 2.28. The predicted octanol–water partition coefficient (Wildman–Crippen LogP) is 2.57. The third kappa shape index (κ3) is 3.83. The number of esters is 1. The molecule has 0 unspecified atom stereocenters. The summed E-state index contributed by atoms with van der Waals surface area (Å²) in [6, 6.07) is 11.6. The van der Waals surface area contributed by atoms with Crippen molar-refractivity contribution in [2.45, 2.75) is 30.7 Å². The number of hydrogen-bond donors (Lipinski definition) is 1. The number of aromatic nitrogens is 4. The fourth-order valence-electron chi connectivity index (χ4n) is 3.02. The molecule has 0 spiro atoms. The van der Waals surface area contributed by atoms with E-state index in [1.165, 1.54) is 19.2 Å². The molecule has 0 radical (unpaired) electrons. The molecule has 0 amide bonds. The Labute approximate surface area is 167 Å². The van der Waals surface area contributed by atoms with E-state index < -0.39 is 16.0 Å². The summed E-state index contributed by atoms with van der Waals surface area (Å²) < 4.78 is 34.9. The maximum atomic E-state index is 13.0. The molecule has 150 valence electrons. The van der Waals surface area contributed by atoms with E-state index >= 15 is 0 Å². The predicted molar refractivity (Wildman–Crippen MR) is 105 cm³/mol. The Balaban J connectivity index is 1.65. The van der Waals surface area contributed by atoms with Crippen LogP contribution in [0.1, 0.15) is 34.8 Å². The van der Waals surface area contributed by atoms with Gasteiger partial charge in [-0.15, -0.1) is 5.10 Å². The average Bonchev–Trinajstić information content (AvgIpc) is 3.43. The topological polar surface area (TPSA) is 116 Å². The standard InChI is InChI=1S/C19H19N5O4S/c1-12-6-7-14(19(25)28-2)11-17(12)29(26,27)21-15-5-3-4-13(10-15)18-20-22-23-24(18)16-8-9-16/h3-7,10-11,16,21H,8-9H2,1-2H3. The van der Waals surface area contributed by atoms with Gasteiger partial charge in [0.15, 0.2) is 5.82 Å². The zero-order valence-electron chi connectivity index (χ0n) is 15.9. The molecule has 9 nitrogen and oxygen atoms in total. The SMILES string of the molecule is COC(=O)c1ccc(C)c(S(=O)(=O)Nc2cccc(-c3nnnn3C3CC3)c2)c1. The normalized spacial score (nSPS) is 13.9. The van der Waals surface area contributed by atoms with E-state index in [0.29, 0.717) is 28.7 Å². The van der Waals surface area contributed by atoms with Gasteiger partial charge < -0.3 is 4.74 Å². The van der Waals surface area contributed by atoms with Gasteiger partial charge >= 0.3 is 5.97 Å². The van der Waals surface area contributed by atoms with Gasteiger partial charge in [0, 0.05) is 11.3 Å². The van der Waals surface area contributed by atoms with Gasteiger partial charge in [-0.2, -0.15) is 0 Å². The highest BCUT2D eigenvalue weighted by molar-refractivity contribution is 7.92. The molecule has 0 bridgehead atoms. The van der Waals surface area contributed by atoms with Crippen molar-refractivity contribution in [3.8, 4) is 11.4 Å². The Kier molecular flexibility index (Phi) is 4.79. The van der Waals surface area contributed by atoms with Crippen LogP contribution in [0.4, 0.5) is 5.69 Å². The molecular weight excluding hydrogens is 394 g/mol. The minimum atomic E-state index is -3.92. The number of sulfonamides is 1. The van der Waals surface area contributed by atoms with Crippen molar-refractivity contribution >= 4 is 21.7 Å². The van der Waals surface area contributed by atoms with Crippen molar-refractivity contribution in [1.82, 2.24) is 20.2 Å². The molecule has 29 heavy (non-hydrogen) atoms. The molecule has 1 aliphatic rings. The first-order valence-corrected chi connectivity index (χ1v) is 10.5. The summed E-state index contributed by atoms with van der Waals surface area (Å²) in [5.41, 5.74) is 1.76. The van der Waals surface area contributed by atoms with Crippen LogP contribution in [-0.4, -0.2) is 41.7 Å². The Morgan fingerprint density at radius 3 is 2.72 bits per heavy atom. The summed E-state index contributed by atoms with van der Waals surface area (Å²) in [6.07, 6.45) is 2.06. The number of benzene rings is 2. The van der Waals surface area contributed by atoms with Crippen LogP contribution in [0.5, 0.6) is 0 Å². The second kappa shape index (κ2) is 7.28. The smallest absolute Gasteiger partial charge is 0.337 e. The number of carbonyl (C=O) groups excluding carboxylic acids is 1. The summed E-state index contributed by atoms with van der Waals surface area (Å²) in [7, 11) is -2.68. The zero-order chi connectivity index (χ0) is 20.6. The number of methoxy groups -OCH3 is 1. The Bertz CT molecular complexity index is 1180. The monoisotopic (exact) mass is 413 g/mol. The molecule has 1 aromatic heterocycles. The summed E-state index contributed by atoms with van der Waals surface area (Å²) in [5, 5.41) is 11.8. The zero-order valence-corrected chi connectivity index (χ0v) is 16.7. The largest absolute Gasteiger partial charge is 0.465 e. The van der Waals surface area contributed by atoms with Crippen molar-refractivity contribution in [1.29, 1.82) is 0 Å². The quantitative estimate of drug-likeness (QED) is 0.617. The highest BCUT2D eigenvalue weighted by Crippen LogP contribution is 2.37. The van der Waals surface area contributed by atoms with Crippen molar-refractivity contribution in [2.75, 3.05) is 11.8 Å². The van der Waals surface area contributed by atoms with Crippen molar-refractivity contribution in [2.24, 2.45) is 0 Å². The van der Waals surface area contributed by atoms with E-state index in [4.69, 9.17) is 0 Å². The molecular formula is C19H19N5O4S. The van der Waals surface area contributed by atoms with Crippen LogP contribution in [0.15, 0.2) is 47.4 Å². The van der Waals surface area contributed by atoms with Crippen LogP contribution in [0.2, 0.25) is 0 Å². The van der Waals surface area contributed by atoms with Crippen LogP contribution >= 0.6 is 0 Å². The fraction of sp³-hybridized carbons (Fsp3) is 0.263. The molecule has 1 saturated carbocycles. The molecule has 1 N–H and O–H groups in total. The minimum Gasteiger partial charge on any atom is -0.465 e. The number of tetrazole rings is 1. The Morgan fingerprint density at radius 2 is 2.00 bits per heavy atom. The maximum Gasteiger partial charge on any atom is 0.337 e. The fourth-order valence-corrected chi connectivity index (χ4v) is 4.34. The second-order valence-corrected chi connectivity index (χ2v) is 8.49. The van der Waals surface area contributed by atoms with E-state index in [1.54, 1.807) is 35.9 Å². The number of aryl methyl sites for hydroxylation is 1. The number of nitrogens with one attached hydrogen (secondary N) is 1. The highest BCUT2D eigenvalue weighted by atomic mass is 32.2. The molecule has 1 fully saturated rings. The van der Waals surface area contributed by atoms with Crippen molar-refractivity contribution in [3.63, 3.8) is 0 Å². The van der Waals surface area contributed by atoms with Gasteiger partial charge in [0.2, 0.25) is 0 Å². The van der Waals surface area contributed by atoms with Gasteiger partial charge in [-0.05, 0) is 60.0 Å². The van der Waals surface area contributed by atoms with E-state index in [1.807, 2.05) is 6.07 Å². The van der Waals surface area contributed by atoms with E-state index in [0.717, 1.165) is 12.8 Å². The van der Waals surface area contributed by atoms with Gasteiger partial charge in [-0.25, -0.2) is 17.9 Å². The lowest BCUT2D eigenvalue weighted by atomic mass is 10.1. The first-order valence-electron chi connectivity index (χ1n) is 8.99. The third-order valence-electron chi connectivity index (χ3n) is 4.66. The number of ether oxygens (including phenoxy) is 1. The van der Waals surface area contributed by atoms with Crippen LogP contribution < -0.4 is 4.72 Å². The van der Waals surface area contributed by atoms with Gasteiger partial charge in [0.05, 0.1) is 23.6 Å². The Morgan fingerprint density at radius 1 is 1.21 bits per heavy atom. The molecule has 4 rings (SSSR count). The average molecular weight is 413 g/mol. The first kappa shape index (κ1) is 19.1. The maximum absolute atomic E-state index is 13.0. The lowest BCUT2D eigenvalue weighted by molar-refractivity contribution is 0.0600. The summed E-state index contributed by atoms with van der Waals surface area (Å²) in [4.78, 5) is 11.8. The van der Waals surface area contributed by atoms with Gasteiger partial charge in [0.1, 0.15) is 0 Å². The molecule has 1 aliphatic carbocycles. The first-order chi connectivity index (χ1) is 13.9. The van der Waals surface area contributed by atoms with Crippen LogP contribution in [0.3, 0.4) is 0 Å². The molecule has 0 atom stereocenters. The number of carbonyl (C=O) groups is 1. The van der Waals surface area contributed by atoms with E-state index in [2.05, 4.69) is 25.0 Å². The van der Waals surface area contributed by atoms with Gasteiger partial charge in [0.25, 0.3) is 10.0 Å². The van der Waals surface area contributed by atoms with Gasteiger partial charge in [-0.3, -0.25) is 4.72 Å². The van der Waals surface area contributed by atoms with E-state index in [9.17, 15) is 13.2 Å². The van der Waals surface area contributed by atoms with Crippen molar-refractivity contribution < 1.29 is 17.9 Å². The van der Waals surface area contributed by atoms with E-state index in [-0.39, 0.29) is 10.5 Å². The molecule has 3 aromatic rings. The van der Waals surface area contributed by atoms with Crippen molar-refractivity contribution in [3.05, 3.63) is 53.6 Å². The number of rotatable bonds is 6. The Hall–Kier alpha value is -3.27. The van der Waals surface area contributed by atoms with Crippen LogP contribution in [0.25, 0.3) is 11.4 Å². The molecule has 0 saturated heterocycles. The molecule has 2 aromatic carbocycles. The molecule has 10 heteroatoms. The van der Waals surface area contributed by atoms with Crippen LogP contribution in [0, 0.1) is 6.92 Å². The van der Waals surface area contributed by atoms with Crippen LogP contribution in [-0.2, 0) is 14.8 Å². The number of nitrogens with zero attached hydrogens (tertiary/aromatic N) is 4. The van der Waals surface area contributed by atoms with Gasteiger partial charge in [-0.1, -0.05) is 18.2 Å². The molecule has 1 heterocycles. The summed E-state index contributed by atoms with van der Waals surface area (Å²) >= 11 is 0. The number of hydrogen-bond acceptors (Lipinski definition) is 7. The minimum absolute atomic E-state index is 0.00798. The molecule has 0 aliphatic heterocycles.